The Morgan fingerprint density at radius 2 is 2.14 bits per heavy atom. The van der Waals surface area contributed by atoms with Gasteiger partial charge in [0.2, 0.25) is 5.91 Å². The zero-order valence-electron chi connectivity index (χ0n) is 12.9. The van der Waals surface area contributed by atoms with E-state index < -0.39 is 0 Å². The minimum atomic E-state index is 0.0584. The van der Waals surface area contributed by atoms with Gasteiger partial charge in [0.05, 0.1) is 0 Å². The highest BCUT2D eigenvalue weighted by molar-refractivity contribution is 5.91. The molecule has 0 spiro atoms. The minimum Gasteiger partial charge on any atom is -0.384 e. The number of carbonyl (C=O) groups excluding carboxylic acids is 1. The van der Waals surface area contributed by atoms with E-state index in [4.69, 9.17) is 0 Å². The molecule has 3 atom stereocenters. The van der Waals surface area contributed by atoms with Gasteiger partial charge in [-0.3, -0.25) is 4.79 Å². The van der Waals surface area contributed by atoms with Crippen molar-refractivity contribution in [2.75, 3.05) is 17.2 Å². The van der Waals surface area contributed by atoms with Crippen molar-refractivity contribution in [3.63, 3.8) is 0 Å². The van der Waals surface area contributed by atoms with E-state index in [1.165, 1.54) is 18.4 Å². The fourth-order valence-corrected chi connectivity index (χ4v) is 3.51. The first-order valence-corrected chi connectivity index (χ1v) is 7.98. The number of nitrogens with one attached hydrogen (secondary N) is 2. The molecule has 1 aromatic carbocycles. The number of allylic oxidation sites excluding steroid dienone is 2. The van der Waals surface area contributed by atoms with Crippen molar-refractivity contribution in [3.8, 4) is 0 Å². The smallest absolute Gasteiger partial charge is 0.224 e. The number of amides is 1. The van der Waals surface area contributed by atoms with E-state index in [0.29, 0.717) is 6.42 Å². The van der Waals surface area contributed by atoms with Crippen molar-refractivity contribution >= 4 is 17.3 Å². The third kappa shape index (κ3) is 3.12. The first-order chi connectivity index (χ1) is 10.2. The van der Waals surface area contributed by atoms with Crippen LogP contribution in [-0.4, -0.2) is 12.5 Å². The molecule has 2 aliphatic carbocycles. The number of carbonyl (C=O) groups is 1. The van der Waals surface area contributed by atoms with E-state index in [0.717, 1.165) is 35.7 Å². The Balaban J connectivity index is 1.63. The van der Waals surface area contributed by atoms with Gasteiger partial charge < -0.3 is 10.6 Å². The topological polar surface area (TPSA) is 41.1 Å². The second-order valence-corrected chi connectivity index (χ2v) is 6.35. The molecule has 0 radical (unpaired) electrons. The number of hydrogen-bond donors (Lipinski definition) is 2. The molecular formula is C18H24N2O. The molecule has 1 amide bonds. The van der Waals surface area contributed by atoms with Crippen LogP contribution < -0.4 is 10.6 Å². The molecule has 1 fully saturated rings. The van der Waals surface area contributed by atoms with Gasteiger partial charge in [-0.2, -0.15) is 0 Å². The molecule has 1 saturated carbocycles. The third-order valence-corrected chi connectivity index (χ3v) is 4.81. The molecule has 2 aliphatic rings. The molecule has 3 unspecified atom stereocenters. The van der Waals surface area contributed by atoms with Gasteiger partial charge in [-0.1, -0.05) is 25.1 Å². The Morgan fingerprint density at radius 1 is 1.29 bits per heavy atom. The Labute approximate surface area is 126 Å². The molecule has 3 heteroatoms. The molecular weight excluding hydrogens is 260 g/mol. The maximum absolute atomic E-state index is 11.5. The lowest BCUT2D eigenvalue weighted by Gasteiger charge is -2.20. The van der Waals surface area contributed by atoms with Crippen LogP contribution in [0.3, 0.4) is 0 Å². The van der Waals surface area contributed by atoms with Gasteiger partial charge in [-0.15, -0.1) is 0 Å². The number of hydrogen-bond acceptors (Lipinski definition) is 2. The Kier molecular flexibility index (Phi) is 4.00. The van der Waals surface area contributed by atoms with Gasteiger partial charge in [-0.05, 0) is 55.2 Å². The van der Waals surface area contributed by atoms with Crippen molar-refractivity contribution in [2.45, 2.75) is 33.1 Å². The summed E-state index contributed by atoms with van der Waals surface area (Å²) in [4.78, 5) is 11.5. The average molecular weight is 284 g/mol. The van der Waals surface area contributed by atoms with Crippen LogP contribution in [-0.2, 0) is 4.79 Å². The van der Waals surface area contributed by atoms with Crippen LogP contribution in [0.4, 0.5) is 11.4 Å². The quantitative estimate of drug-likeness (QED) is 0.803. The third-order valence-electron chi connectivity index (χ3n) is 4.81. The Morgan fingerprint density at radius 3 is 2.81 bits per heavy atom. The second kappa shape index (κ2) is 5.92. The summed E-state index contributed by atoms with van der Waals surface area (Å²) in [6.45, 7) is 5.00. The SMILES string of the molecule is CCC(=O)Nc1ccc(C)c(NCC2CC3C=CC2C3)c1. The standard InChI is InChI=1S/C18H24N2O/c1-3-18(21)20-16-7-4-12(2)17(10-16)19-11-15-9-13-5-6-14(15)8-13/h4-7,10,13-15,19H,3,8-9,11H2,1-2H3,(H,20,21). The van der Waals surface area contributed by atoms with E-state index in [9.17, 15) is 4.79 Å². The van der Waals surface area contributed by atoms with Crippen LogP contribution in [0.1, 0.15) is 31.7 Å². The van der Waals surface area contributed by atoms with Crippen molar-refractivity contribution < 1.29 is 4.79 Å². The van der Waals surface area contributed by atoms with Gasteiger partial charge in [0, 0.05) is 24.3 Å². The molecule has 2 bridgehead atoms. The van der Waals surface area contributed by atoms with E-state index >= 15 is 0 Å². The van der Waals surface area contributed by atoms with Gasteiger partial charge >= 0.3 is 0 Å². The fraction of sp³-hybridized carbons (Fsp3) is 0.500. The molecule has 2 N–H and O–H groups in total. The normalized spacial score (nSPS) is 26.1. The van der Waals surface area contributed by atoms with Crippen molar-refractivity contribution in [2.24, 2.45) is 17.8 Å². The predicted octanol–water partition coefficient (Wildman–Crippen LogP) is 3.97. The maximum Gasteiger partial charge on any atom is 0.224 e. The summed E-state index contributed by atoms with van der Waals surface area (Å²) in [5.74, 6) is 2.40. The van der Waals surface area contributed by atoms with E-state index in [-0.39, 0.29) is 5.91 Å². The first kappa shape index (κ1) is 14.2. The summed E-state index contributed by atoms with van der Waals surface area (Å²) in [5, 5.41) is 6.51. The summed E-state index contributed by atoms with van der Waals surface area (Å²) in [5.41, 5.74) is 3.24. The molecule has 3 rings (SSSR count). The van der Waals surface area contributed by atoms with Gasteiger partial charge in [0.1, 0.15) is 0 Å². The number of anilines is 2. The van der Waals surface area contributed by atoms with Crippen LogP contribution in [0, 0.1) is 24.7 Å². The van der Waals surface area contributed by atoms with E-state index in [1.807, 2.05) is 19.1 Å². The van der Waals surface area contributed by atoms with Crippen LogP contribution in [0.25, 0.3) is 0 Å². The predicted molar refractivity (Wildman–Crippen MR) is 87.4 cm³/mol. The Hall–Kier alpha value is -1.77. The van der Waals surface area contributed by atoms with Gasteiger partial charge in [0.15, 0.2) is 0 Å². The lowest BCUT2D eigenvalue weighted by atomic mass is 9.93. The van der Waals surface area contributed by atoms with Crippen LogP contribution in [0.5, 0.6) is 0 Å². The number of fused-ring (bicyclic) bond motifs is 2. The molecule has 3 nitrogen and oxygen atoms in total. The summed E-state index contributed by atoms with van der Waals surface area (Å²) in [7, 11) is 0. The highest BCUT2D eigenvalue weighted by atomic mass is 16.1. The summed E-state index contributed by atoms with van der Waals surface area (Å²) in [6.07, 6.45) is 7.95. The molecule has 0 aliphatic heterocycles. The van der Waals surface area contributed by atoms with E-state index in [2.05, 4.69) is 35.8 Å². The zero-order chi connectivity index (χ0) is 14.8. The van der Waals surface area contributed by atoms with Crippen LogP contribution in [0.15, 0.2) is 30.4 Å². The average Bonchev–Trinajstić information content (AvgIpc) is 3.10. The monoisotopic (exact) mass is 284 g/mol. The molecule has 0 saturated heterocycles. The summed E-state index contributed by atoms with van der Waals surface area (Å²) in [6, 6.07) is 6.08. The Bertz CT molecular complexity index is 564. The summed E-state index contributed by atoms with van der Waals surface area (Å²) < 4.78 is 0. The highest BCUT2D eigenvalue weighted by Crippen LogP contribution is 2.43. The zero-order valence-corrected chi connectivity index (χ0v) is 12.9. The molecule has 0 aromatic heterocycles. The molecule has 0 heterocycles. The second-order valence-electron chi connectivity index (χ2n) is 6.35. The molecule has 1 aromatic rings. The lowest BCUT2D eigenvalue weighted by molar-refractivity contribution is -0.115. The minimum absolute atomic E-state index is 0.0584. The number of rotatable bonds is 5. The van der Waals surface area contributed by atoms with Crippen molar-refractivity contribution in [3.05, 3.63) is 35.9 Å². The largest absolute Gasteiger partial charge is 0.384 e. The molecule has 112 valence electrons. The van der Waals surface area contributed by atoms with Crippen LogP contribution in [0.2, 0.25) is 0 Å². The number of benzene rings is 1. The first-order valence-electron chi connectivity index (χ1n) is 7.98. The van der Waals surface area contributed by atoms with Gasteiger partial charge in [0.25, 0.3) is 0 Å². The fourth-order valence-electron chi connectivity index (χ4n) is 3.51. The maximum atomic E-state index is 11.5. The lowest BCUT2D eigenvalue weighted by Crippen LogP contribution is -2.19. The van der Waals surface area contributed by atoms with Crippen molar-refractivity contribution in [1.82, 2.24) is 0 Å². The molecule has 21 heavy (non-hydrogen) atoms. The van der Waals surface area contributed by atoms with Crippen LogP contribution >= 0.6 is 0 Å². The van der Waals surface area contributed by atoms with E-state index in [1.54, 1.807) is 0 Å². The number of aryl methyl sites for hydroxylation is 1. The van der Waals surface area contributed by atoms with Crippen molar-refractivity contribution in [1.29, 1.82) is 0 Å². The highest BCUT2D eigenvalue weighted by Gasteiger charge is 2.35. The summed E-state index contributed by atoms with van der Waals surface area (Å²) >= 11 is 0. The van der Waals surface area contributed by atoms with Gasteiger partial charge in [-0.25, -0.2) is 0 Å².